The SMILES string of the molecule is CSc1ccc(NCC#Cc2cc3c(NC4CCC(C)CC4)cccc3n2CC(F)(F)F)c(O)c1. The highest BCUT2D eigenvalue weighted by Crippen LogP contribution is 2.33. The van der Waals surface area contributed by atoms with E-state index in [-0.39, 0.29) is 12.3 Å². The van der Waals surface area contributed by atoms with E-state index in [1.165, 1.54) is 16.3 Å². The van der Waals surface area contributed by atoms with Crippen molar-refractivity contribution < 1.29 is 18.3 Å². The standard InChI is InChI=1S/C27H30F3N3OS/c1-18-8-10-19(11-9-18)32-23-6-3-7-25-22(23)15-20(33(25)17-27(28,29)30)5-4-14-31-24-13-12-21(35-2)16-26(24)34/h3,6-7,12-13,15-16,18-19,31-32,34H,8-11,14,17H2,1-2H3. The van der Waals surface area contributed by atoms with Gasteiger partial charge in [-0.05, 0) is 80.2 Å². The molecule has 186 valence electrons. The Morgan fingerprint density at radius 2 is 1.86 bits per heavy atom. The van der Waals surface area contributed by atoms with Crippen molar-refractivity contribution in [2.24, 2.45) is 5.92 Å². The minimum atomic E-state index is -4.37. The first-order chi connectivity index (χ1) is 16.7. The molecule has 0 saturated heterocycles. The lowest BCUT2D eigenvalue weighted by Crippen LogP contribution is -2.25. The van der Waals surface area contributed by atoms with Gasteiger partial charge in [0.1, 0.15) is 12.3 Å². The fourth-order valence-corrected chi connectivity index (χ4v) is 4.98. The summed E-state index contributed by atoms with van der Waals surface area (Å²) in [4.78, 5) is 0.933. The average Bonchev–Trinajstić information content (AvgIpc) is 3.15. The monoisotopic (exact) mass is 501 g/mol. The number of halogens is 3. The molecule has 1 fully saturated rings. The summed E-state index contributed by atoms with van der Waals surface area (Å²) in [6.45, 7) is 1.34. The number of thioether (sulfide) groups is 1. The number of benzene rings is 2. The molecule has 1 aliphatic rings. The van der Waals surface area contributed by atoms with Crippen LogP contribution in [0.25, 0.3) is 10.9 Å². The molecular formula is C27H30F3N3OS. The number of nitrogens with zero attached hydrogens (tertiary/aromatic N) is 1. The summed E-state index contributed by atoms with van der Waals surface area (Å²) in [6, 6.07) is 12.8. The van der Waals surface area contributed by atoms with Gasteiger partial charge in [0.2, 0.25) is 0 Å². The van der Waals surface area contributed by atoms with Crippen LogP contribution in [-0.2, 0) is 6.54 Å². The molecular weight excluding hydrogens is 471 g/mol. The molecule has 2 aromatic carbocycles. The molecule has 4 nitrogen and oxygen atoms in total. The Morgan fingerprint density at radius 1 is 1.09 bits per heavy atom. The number of nitrogens with one attached hydrogen (secondary N) is 2. The van der Waals surface area contributed by atoms with Gasteiger partial charge in [-0.3, -0.25) is 0 Å². The zero-order valence-corrected chi connectivity index (χ0v) is 20.7. The van der Waals surface area contributed by atoms with Gasteiger partial charge in [0.15, 0.2) is 0 Å². The van der Waals surface area contributed by atoms with Gasteiger partial charge < -0.3 is 20.3 Å². The second kappa shape index (κ2) is 10.8. The summed E-state index contributed by atoms with van der Waals surface area (Å²) in [6.07, 6.45) is 1.98. The fourth-order valence-electron chi connectivity index (χ4n) is 4.55. The van der Waals surface area contributed by atoms with Gasteiger partial charge in [-0.25, -0.2) is 0 Å². The molecule has 0 amide bonds. The number of anilines is 2. The number of aromatic hydroxyl groups is 1. The van der Waals surface area contributed by atoms with Crippen LogP contribution in [0.3, 0.4) is 0 Å². The predicted molar refractivity (Wildman–Crippen MR) is 138 cm³/mol. The van der Waals surface area contributed by atoms with Gasteiger partial charge in [-0.1, -0.05) is 18.9 Å². The van der Waals surface area contributed by atoms with Crippen molar-refractivity contribution in [1.82, 2.24) is 4.57 Å². The maximum absolute atomic E-state index is 13.4. The van der Waals surface area contributed by atoms with Crippen LogP contribution in [0, 0.1) is 17.8 Å². The Morgan fingerprint density at radius 3 is 2.54 bits per heavy atom. The molecule has 3 aromatic rings. The quantitative estimate of drug-likeness (QED) is 0.192. The van der Waals surface area contributed by atoms with Crippen molar-refractivity contribution in [3.8, 4) is 17.6 Å². The maximum Gasteiger partial charge on any atom is 0.406 e. The number of rotatable bonds is 6. The van der Waals surface area contributed by atoms with E-state index in [2.05, 4.69) is 29.4 Å². The topological polar surface area (TPSA) is 49.2 Å². The summed E-state index contributed by atoms with van der Waals surface area (Å²) in [5.74, 6) is 6.65. The largest absolute Gasteiger partial charge is 0.506 e. The number of hydrogen-bond donors (Lipinski definition) is 3. The number of hydrogen-bond acceptors (Lipinski definition) is 4. The van der Waals surface area contributed by atoms with E-state index in [4.69, 9.17) is 0 Å². The van der Waals surface area contributed by atoms with Gasteiger partial charge in [-0.15, -0.1) is 11.8 Å². The Balaban J connectivity index is 1.58. The van der Waals surface area contributed by atoms with Gasteiger partial charge in [0, 0.05) is 22.0 Å². The molecule has 8 heteroatoms. The van der Waals surface area contributed by atoms with Crippen LogP contribution in [0.1, 0.15) is 38.3 Å². The molecule has 1 heterocycles. The third-order valence-electron chi connectivity index (χ3n) is 6.45. The van der Waals surface area contributed by atoms with Crippen molar-refractivity contribution in [1.29, 1.82) is 0 Å². The van der Waals surface area contributed by atoms with Crippen molar-refractivity contribution in [2.45, 2.75) is 56.3 Å². The normalized spacial score (nSPS) is 18.2. The van der Waals surface area contributed by atoms with Crippen LogP contribution in [0.15, 0.2) is 47.4 Å². The van der Waals surface area contributed by atoms with Crippen LogP contribution < -0.4 is 10.6 Å². The van der Waals surface area contributed by atoms with Gasteiger partial charge in [0.05, 0.1) is 23.4 Å². The van der Waals surface area contributed by atoms with E-state index in [1.54, 1.807) is 30.3 Å². The molecule has 3 N–H and O–H groups in total. The molecule has 0 aliphatic heterocycles. The van der Waals surface area contributed by atoms with Crippen molar-refractivity contribution in [2.75, 3.05) is 23.4 Å². The molecule has 4 rings (SSSR count). The highest BCUT2D eigenvalue weighted by Gasteiger charge is 2.30. The van der Waals surface area contributed by atoms with Crippen LogP contribution in [0.2, 0.25) is 0 Å². The molecule has 0 atom stereocenters. The number of phenolic OH excluding ortho intramolecular Hbond substituents is 1. The maximum atomic E-state index is 13.4. The number of fused-ring (bicyclic) bond motifs is 1. The second-order valence-electron chi connectivity index (χ2n) is 9.11. The Labute approximate surface area is 208 Å². The summed E-state index contributed by atoms with van der Waals surface area (Å²) >= 11 is 1.52. The summed E-state index contributed by atoms with van der Waals surface area (Å²) in [7, 11) is 0. The zero-order chi connectivity index (χ0) is 25.0. The Kier molecular flexibility index (Phi) is 7.75. The van der Waals surface area contributed by atoms with Crippen molar-refractivity contribution in [3.63, 3.8) is 0 Å². The smallest absolute Gasteiger partial charge is 0.406 e. The molecule has 0 bridgehead atoms. The Hall–Kier alpha value is -2.92. The first-order valence-corrected chi connectivity index (χ1v) is 13.0. The highest BCUT2D eigenvalue weighted by atomic mass is 32.2. The zero-order valence-electron chi connectivity index (χ0n) is 19.9. The number of aromatic nitrogens is 1. The van der Waals surface area contributed by atoms with Crippen molar-refractivity contribution >= 4 is 34.0 Å². The third kappa shape index (κ3) is 6.40. The van der Waals surface area contributed by atoms with E-state index < -0.39 is 12.7 Å². The molecule has 1 aliphatic carbocycles. The molecule has 0 radical (unpaired) electrons. The minimum Gasteiger partial charge on any atom is -0.506 e. The summed E-state index contributed by atoms with van der Waals surface area (Å²) in [5, 5.41) is 17.5. The molecule has 1 saturated carbocycles. The lowest BCUT2D eigenvalue weighted by atomic mass is 9.87. The van der Waals surface area contributed by atoms with E-state index in [9.17, 15) is 18.3 Å². The number of alkyl halides is 3. The highest BCUT2D eigenvalue weighted by molar-refractivity contribution is 7.98. The fraction of sp³-hybridized carbons (Fsp3) is 0.407. The second-order valence-corrected chi connectivity index (χ2v) is 9.99. The van der Waals surface area contributed by atoms with E-state index in [0.29, 0.717) is 22.9 Å². The average molecular weight is 502 g/mol. The third-order valence-corrected chi connectivity index (χ3v) is 7.17. The summed E-state index contributed by atoms with van der Waals surface area (Å²) in [5.41, 5.74) is 2.20. The lowest BCUT2D eigenvalue weighted by molar-refractivity contribution is -0.140. The van der Waals surface area contributed by atoms with Gasteiger partial charge >= 0.3 is 6.18 Å². The van der Waals surface area contributed by atoms with Crippen LogP contribution in [0.5, 0.6) is 5.75 Å². The number of phenols is 1. The van der Waals surface area contributed by atoms with Gasteiger partial charge in [-0.2, -0.15) is 13.2 Å². The Bertz CT molecular complexity index is 1230. The summed E-state index contributed by atoms with van der Waals surface area (Å²) < 4.78 is 41.5. The molecule has 0 spiro atoms. The van der Waals surface area contributed by atoms with E-state index >= 15 is 0 Å². The first kappa shape index (κ1) is 25.2. The van der Waals surface area contributed by atoms with Crippen LogP contribution in [0.4, 0.5) is 24.5 Å². The van der Waals surface area contributed by atoms with E-state index in [1.807, 2.05) is 18.4 Å². The lowest BCUT2D eigenvalue weighted by Gasteiger charge is -2.28. The first-order valence-electron chi connectivity index (χ1n) is 11.8. The molecule has 0 unspecified atom stereocenters. The van der Waals surface area contributed by atoms with Crippen molar-refractivity contribution in [3.05, 3.63) is 48.2 Å². The molecule has 1 aromatic heterocycles. The van der Waals surface area contributed by atoms with E-state index in [0.717, 1.165) is 47.6 Å². The van der Waals surface area contributed by atoms with Crippen LogP contribution >= 0.6 is 11.8 Å². The van der Waals surface area contributed by atoms with Gasteiger partial charge in [0.25, 0.3) is 0 Å². The predicted octanol–water partition coefficient (Wildman–Crippen LogP) is 7.09. The molecule has 35 heavy (non-hydrogen) atoms. The minimum absolute atomic E-state index is 0.109. The van der Waals surface area contributed by atoms with Crippen LogP contribution in [-0.4, -0.2) is 34.7 Å².